The van der Waals surface area contributed by atoms with E-state index in [0.717, 1.165) is 5.56 Å². The molecular formula is C28H27F3N4O8S. The average Bonchev–Trinajstić information content (AvgIpc) is 3.36. The molecule has 0 spiro atoms. The Kier molecular flexibility index (Phi) is 7.20. The Bertz CT molecular complexity index is 1890. The molecule has 3 aromatic rings. The van der Waals surface area contributed by atoms with Crippen molar-refractivity contribution in [3.8, 4) is 17.1 Å². The van der Waals surface area contributed by atoms with Gasteiger partial charge in [-0.3, -0.25) is 4.79 Å². The third-order valence-corrected chi connectivity index (χ3v) is 9.29. The van der Waals surface area contributed by atoms with E-state index < -0.39 is 51.9 Å². The molecule has 12 nitrogen and oxygen atoms in total. The Morgan fingerprint density at radius 1 is 1.14 bits per heavy atom. The molecule has 1 amide bonds. The highest BCUT2D eigenvalue weighted by Gasteiger charge is 2.58. The van der Waals surface area contributed by atoms with Gasteiger partial charge in [0.2, 0.25) is 5.60 Å². The van der Waals surface area contributed by atoms with E-state index in [1.54, 1.807) is 23.1 Å². The maximum atomic E-state index is 13.7. The second-order valence-electron chi connectivity index (χ2n) is 10.6. The van der Waals surface area contributed by atoms with Gasteiger partial charge in [-0.1, -0.05) is 13.8 Å². The van der Waals surface area contributed by atoms with Gasteiger partial charge in [0, 0.05) is 42.7 Å². The van der Waals surface area contributed by atoms with Crippen molar-refractivity contribution in [3.63, 3.8) is 0 Å². The molecule has 234 valence electrons. The lowest BCUT2D eigenvalue weighted by Crippen LogP contribution is -2.49. The number of carbonyl (C=O) groups excluding carboxylic acids is 2. The molecule has 3 aliphatic heterocycles. The van der Waals surface area contributed by atoms with Crippen LogP contribution < -0.4 is 15.6 Å². The van der Waals surface area contributed by atoms with Crippen molar-refractivity contribution in [2.75, 3.05) is 26.2 Å². The van der Waals surface area contributed by atoms with Crippen LogP contribution in [-0.2, 0) is 49.0 Å². The number of carbonyl (C=O) groups is 2. The van der Waals surface area contributed by atoms with Crippen LogP contribution in [0.3, 0.4) is 0 Å². The highest BCUT2D eigenvalue weighted by Crippen LogP contribution is 2.44. The molecule has 1 N–H and O–H groups in total. The Morgan fingerprint density at radius 2 is 1.86 bits per heavy atom. The fraction of sp³-hybridized carbons (Fsp3) is 0.429. The summed E-state index contributed by atoms with van der Waals surface area (Å²) in [5.41, 5.74) is -7.23. The summed E-state index contributed by atoms with van der Waals surface area (Å²) >= 11 is 0. The molecule has 0 radical (unpaired) electrons. The topological polar surface area (TPSA) is 146 Å². The van der Waals surface area contributed by atoms with Gasteiger partial charge >= 0.3 is 27.7 Å². The van der Waals surface area contributed by atoms with Crippen LogP contribution in [-0.4, -0.2) is 66.6 Å². The molecule has 1 saturated heterocycles. The molecule has 1 aromatic carbocycles. The first-order chi connectivity index (χ1) is 20.8. The summed E-state index contributed by atoms with van der Waals surface area (Å²) < 4.78 is 80.8. The van der Waals surface area contributed by atoms with Gasteiger partial charge in [0.15, 0.2) is 0 Å². The van der Waals surface area contributed by atoms with Crippen LogP contribution in [0.1, 0.15) is 42.5 Å². The molecule has 0 saturated carbocycles. The maximum absolute atomic E-state index is 13.7. The second-order valence-corrected chi connectivity index (χ2v) is 12.1. The van der Waals surface area contributed by atoms with Gasteiger partial charge in [-0.15, -0.1) is 0 Å². The van der Waals surface area contributed by atoms with Crippen molar-refractivity contribution in [2.45, 2.75) is 51.0 Å². The zero-order valence-corrected chi connectivity index (χ0v) is 24.4. The number of cyclic esters (lactones) is 1. The van der Waals surface area contributed by atoms with Gasteiger partial charge in [-0.25, -0.2) is 18.8 Å². The number of ether oxygens (including phenoxy) is 2. The Hall–Kier alpha value is -4.02. The predicted octanol–water partition coefficient (Wildman–Crippen LogP) is 2.92. The maximum Gasteiger partial charge on any atom is 0.523 e. The molecule has 3 aliphatic rings. The van der Waals surface area contributed by atoms with Crippen LogP contribution in [0.15, 0.2) is 29.1 Å². The summed E-state index contributed by atoms with van der Waals surface area (Å²) in [5, 5.41) is 3.85. The molecular weight excluding hydrogens is 609 g/mol. The fourth-order valence-corrected chi connectivity index (χ4v) is 6.73. The number of pyridine rings is 2. The fourth-order valence-electron chi connectivity index (χ4n) is 5.98. The zero-order chi connectivity index (χ0) is 31.6. The van der Waals surface area contributed by atoms with Crippen LogP contribution in [0, 0.1) is 0 Å². The molecule has 16 heteroatoms. The van der Waals surface area contributed by atoms with Crippen LogP contribution in [0.4, 0.5) is 18.0 Å². The average molecular weight is 637 g/mol. The first-order valence-electron chi connectivity index (χ1n) is 13.9. The minimum atomic E-state index is -6.26. The van der Waals surface area contributed by atoms with E-state index in [-0.39, 0.29) is 23.4 Å². The van der Waals surface area contributed by atoms with E-state index in [9.17, 15) is 36.0 Å². The number of aryl methyl sites for hydroxylation is 1. The monoisotopic (exact) mass is 636 g/mol. The number of fused-ring (bicyclic) bond motifs is 5. The molecule has 6 rings (SSSR count). The number of hydrogen-bond donors (Lipinski definition) is 1. The van der Waals surface area contributed by atoms with Crippen molar-refractivity contribution in [3.05, 3.63) is 56.9 Å². The quantitative estimate of drug-likeness (QED) is 0.197. The van der Waals surface area contributed by atoms with Gasteiger partial charge < -0.3 is 24.3 Å². The molecule has 0 unspecified atom stereocenters. The molecule has 1 fully saturated rings. The van der Waals surface area contributed by atoms with Crippen molar-refractivity contribution in [1.29, 1.82) is 0 Å². The minimum absolute atomic E-state index is 0.0580. The minimum Gasteiger partial charge on any atom is -0.458 e. The van der Waals surface area contributed by atoms with Crippen molar-refractivity contribution < 1.29 is 44.8 Å². The van der Waals surface area contributed by atoms with Crippen molar-refractivity contribution in [1.82, 2.24) is 19.8 Å². The van der Waals surface area contributed by atoms with Crippen LogP contribution in [0.25, 0.3) is 22.3 Å². The number of rotatable bonds is 5. The number of piperazine rings is 1. The van der Waals surface area contributed by atoms with Crippen LogP contribution >= 0.6 is 0 Å². The lowest BCUT2D eigenvalue weighted by Gasteiger charge is -2.35. The molecule has 1 atom stereocenters. The highest BCUT2D eigenvalue weighted by atomic mass is 32.2. The van der Waals surface area contributed by atoms with Gasteiger partial charge in [-0.2, -0.15) is 21.6 Å². The Morgan fingerprint density at radius 3 is 2.52 bits per heavy atom. The van der Waals surface area contributed by atoms with E-state index in [1.165, 1.54) is 17.6 Å². The lowest BCUT2D eigenvalue weighted by atomic mass is 9.86. The van der Waals surface area contributed by atoms with E-state index in [0.29, 0.717) is 60.5 Å². The third kappa shape index (κ3) is 4.62. The standard InChI is InChI=1S/C28H27F3N4O8S/c1-3-16-17-11-15(42-26(38)34-9-7-32-8-10-34)5-6-21(17)33-23-18(16)13-35-22(23)12-20-19(24(35)36)14-41-25(37)27(20,4-2)43-44(39,40)28(29,30)31/h5-6,11-12,32H,3-4,7-10,13-14H2,1-2H3/t27-/m0/s1. The Balaban J connectivity index is 1.46. The number of aromatic nitrogens is 2. The first kappa shape index (κ1) is 30.0. The zero-order valence-electron chi connectivity index (χ0n) is 23.6. The molecule has 44 heavy (non-hydrogen) atoms. The van der Waals surface area contributed by atoms with Crippen molar-refractivity contribution >= 4 is 33.1 Å². The smallest absolute Gasteiger partial charge is 0.458 e. The SMILES string of the molecule is CCc1c2c(nc3ccc(OC(=O)N4CCNCC4)cc13)-c1cc3c(c(=O)n1C2)COC(=O)[C@@]3(CC)OS(=O)(=O)C(F)(F)F. The summed E-state index contributed by atoms with van der Waals surface area (Å²) in [4.78, 5) is 45.6. The normalized spacial score (nSPS) is 19.8. The number of benzene rings is 1. The molecule has 2 aromatic heterocycles. The van der Waals surface area contributed by atoms with Gasteiger partial charge in [0.25, 0.3) is 5.56 Å². The molecule has 0 aliphatic carbocycles. The van der Waals surface area contributed by atoms with E-state index in [4.69, 9.17) is 14.5 Å². The van der Waals surface area contributed by atoms with E-state index in [1.807, 2.05) is 6.92 Å². The number of alkyl halides is 3. The lowest BCUT2D eigenvalue weighted by molar-refractivity contribution is -0.170. The molecule has 0 bridgehead atoms. The first-order valence-corrected chi connectivity index (χ1v) is 15.3. The Labute approximate surface area is 248 Å². The van der Waals surface area contributed by atoms with E-state index >= 15 is 0 Å². The number of halogens is 3. The summed E-state index contributed by atoms with van der Waals surface area (Å²) in [6.07, 6.45) is -0.551. The number of nitrogens with zero attached hydrogens (tertiary/aromatic N) is 3. The van der Waals surface area contributed by atoms with Gasteiger partial charge in [0.1, 0.15) is 12.4 Å². The second kappa shape index (κ2) is 10.6. The van der Waals surface area contributed by atoms with Crippen LogP contribution in [0.2, 0.25) is 0 Å². The third-order valence-electron chi connectivity index (χ3n) is 8.21. The number of amides is 1. The highest BCUT2D eigenvalue weighted by molar-refractivity contribution is 7.87. The summed E-state index contributed by atoms with van der Waals surface area (Å²) in [5.74, 6) is -1.04. The number of esters is 1. The van der Waals surface area contributed by atoms with Gasteiger partial charge in [-0.05, 0) is 42.7 Å². The largest absolute Gasteiger partial charge is 0.523 e. The molecule has 5 heterocycles. The van der Waals surface area contributed by atoms with E-state index in [2.05, 4.69) is 9.50 Å². The number of nitrogens with one attached hydrogen (secondary N) is 1. The summed E-state index contributed by atoms with van der Waals surface area (Å²) in [7, 11) is -6.26. The van der Waals surface area contributed by atoms with Crippen molar-refractivity contribution in [2.24, 2.45) is 0 Å². The van der Waals surface area contributed by atoms with Gasteiger partial charge in [0.05, 0.1) is 29.0 Å². The van der Waals surface area contributed by atoms with Crippen LogP contribution in [0.5, 0.6) is 5.75 Å². The number of hydrogen-bond acceptors (Lipinski definition) is 10. The predicted molar refractivity (Wildman–Crippen MR) is 148 cm³/mol. The summed E-state index contributed by atoms with van der Waals surface area (Å²) in [6.45, 7) is 5.00. The summed E-state index contributed by atoms with van der Waals surface area (Å²) in [6, 6.07) is 6.23.